The Morgan fingerprint density at radius 3 is 2.30 bits per heavy atom. The van der Waals surface area contributed by atoms with Gasteiger partial charge < -0.3 is 4.74 Å². The Labute approximate surface area is 135 Å². The molecule has 138 valence electrons. The summed E-state index contributed by atoms with van der Waals surface area (Å²) in [5.74, 6) is -0.353. The standard InChI is InChI=1S/C13H24F3NO5S/c1-5-21-11(18)6-7-12(3,4)8-10(2)22-23(19,20)17-9-13(14,15)16/h10,17H,5-9H2,1-4H3. The van der Waals surface area contributed by atoms with Crippen molar-refractivity contribution in [3.05, 3.63) is 0 Å². The van der Waals surface area contributed by atoms with Crippen LogP contribution < -0.4 is 4.72 Å². The van der Waals surface area contributed by atoms with E-state index in [1.807, 2.05) is 13.8 Å². The van der Waals surface area contributed by atoms with Gasteiger partial charge >= 0.3 is 22.4 Å². The molecular weight excluding hydrogens is 339 g/mol. The second-order valence-electron chi connectivity index (χ2n) is 5.97. The first kappa shape index (κ1) is 22.1. The van der Waals surface area contributed by atoms with Crippen molar-refractivity contribution in [1.82, 2.24) is 4.72 Å². The Bertz CT molecular complexity index is 476. The summed E-state index contributed by atoms with van der Waals surface area (Å²) >= 11 is 0. The van der Waals surface area contributed by atoms with Crippen molar-refractivity contribution in [3.8, 4) is 0 Å². The molecule has 1 N–H and O–H groups in total. The molecule has 0 aliphatic heterocycles. The predicted molar refractivity (Wildman–Crippen MR) is 77.8 cm³/mol. The van der Waals surface area contributed by atoms with Gasteiger partial charge in [0, 0.05) is 6.42 Å². The number of carbonyl (C=O) groups is 1. The normalized spacial score (nSPS) is 14.6. The highest BCUT2D eigenvalue weighted by molar-refractivity contribution is 7.84. The van der Waals surface area contributed by atoms with E-state index in [-0.39, 0.29) is 25.4 Å². The minimum absolute atomic E-state index is 0.173. The summed E-state index contributed by atoms with van der Waals surface area (Å²) in [6.07, 6.45) is -4.63. The number of carbonyl (C=O) groups excluding carboxylic acids is 1. The first-order valence-corrected chi connectivity index (χ1v) is 8.57. The zero-order chi connectivity index (χ0) is 18.3. The van der Waals surface area contributed by atoms with Crippen LogP contribution in [0.2, 0.25) is 0 Å². The lowest BCUT2D eigenvalue weighted by molar-refractivity contribution is -0.143. The first-order valence-electron chi connectivity index (χ1n) is 7.16. The van der Waals surface area contributed by atoms with Crippen molar-refractivity contribution >= 4 is 16.3 Å². The number of esters is 1. The van der Waals surface area contributed by atoms with Crippen molar-refractivity contribution in [2.45, 2.75) is 59.2 Å². The highest BCUT2D eigenvalue weighted by atomic mass is 32.2. The first-order chi connectivity index (χ1) is 10.3. The molecule has 6 nitrogen and oxygen atoms in total. The van der Waals surface area contributed by atoms with Crippen molar-refractivity contribution < 1.29 is 35.3 Å². The summed E-state index contributed by atoms with van der Waals surface area (Å²) in [5.41, 5.74) is -0.439. The maximum atomic E-state index is 12.0. The van der Waals surface area contributed by atoms with Crippen LogP contribution in [0.25, 0.3) is 0 Å². The number of halogens is 3. The number of rotatable bonds is 10. The average molecular weight is 363 g/mol. The third-order valence-electron chi connectivity index (χ3n) is 2.89. The Morgan fingerprint density at radius 2 is 1.83 bits per heavy atom. The summed E-state index contributed by atoms with van der Waals surface area (Å²) in [7, 11) is -4.49. The quantitative estimate of drug-likeness (QED) is 0.603. The van der Waals surface area contributed by atoms with Gasteiger partial charge in [0.15, 0.2) is 0 Å². The van der Waals surface area contributed by atoms with Gasteiger partial charge in [0.2, 0.25) is 0 Å². The molecule has 0 fully saturated rings. The van der Waals surface area contributed by atoms with Crippen LogP contribution in [0.1, 0.15) is 47.0 Å². The van der Waals surface area contributed by atoms with E-state index in [1.165, 1.54) is 11.6 Å². The van der Waals surface area contributed by atoms with E-state index in [0.717, 1.165) is 0 Å². The molecule has 0 spiro atoms. The Morgan fingerprint density at radius 1 is 1.26 bits per heavy atom. The lowest BCUT2D eigenvalue weighted by Gasteiger charge is -2.27. The third-order valence-corrected chi connectivity index (χ3v) is 3.97. The summed E-state index contributed by atoms with van der Waals surface area (Å²) < 4.78 is 69.7. The molecule has 0 heterocycles. The number of hydrogen-bond acceptors (Lipinski definition) is 5. The summed E-state index contributed by atoms with van der Waals surface area (Å²) in [6.45, 7) is 5.34. The van der Waals surface area contributed by atoms with E-state index in [0.29, 0.717) is 6.42 Å². The molecule has 0 aliphatic rings. The monoisotopic (exact) mass is 363 g/mol. The fourth-order valence-corrected chi connectivity index (χ4v) is 2.92. The molecule has 0 aliphatic carbocycles. The van der Waals surface area contributed by atoms with Crippen molar-refractivity contribution in [2.24, 2.45) is 5.41 Å². The minimum Gasteiger partial charge on any atom is -0.466 e. The predicted octanol–water partition coefficient (Wildman–Crippen LogP) is 2.55. The lowest BCUT2D eigenvalue weighted by atomic mass is 9.82. The smallest absolute Gasteiger partial charge is 0.402 e. The van der Waals surface area contributed by atoms with Crippen LogP contribution in [-0.4, -0.2) is 39.8 Å². The van der Waals surface area contributed by atoms with Gasteiger partial charge in [-0.1, -0.05) is 13.8 Å². The summed E-state index contributed by atoms with van der Waals surface area (Å²) in [4.78, 5) is 11.3. The van der Waals surface area contributed by atoms with Crippen LogP contribution in [-0.2, 0) is 24.0 Å². The van der Waals surface area contributed by atoms with E-state index in [2.05, 4.69) is 4.18 Å². The fraction of sp³-hybridized carbons (Fsp3) is 0.923. The molecule has 0 radical (unpaired) electrons. The Hall–Kier alpha value is -0.870. The molecule has 10 heteroatoms. The van der Waals surface area contributed by atoms with Crippen LogP contribution in [0.5, 0.6) is 0 Å². The molecule has 0 aromatic carbocycles. The van der Waals surface area contributed by atoms with Gasteiger partial charge in [-0.15, -0.1) is 0 Å². The Balaban J connectivity index is 4.39. The molecule has 0 bridgehead atoms. The molecule has 1 atom stereocenters. The fourth-order valence-electron chi connectivity index (χ4n) is 2.01. The van der Waals surface area contributed by atoms with Crippen molar-refractivity contribution in [2.75, 3.05) is 13.2 Å². The highest BCUT2D eigenvalue weighted by Gasteiger charge is 2.31. The number of nitrogens with one attached hydrogen (secondary N) is 1. The number of ether oxygens (including phenoxy) is 1. The van der Waals surface area contributed by atoms with E-state index in [1.54, 1.807) is 6.92 Å². The maximum Gasteiger partial charge on any atom is 0.402 e. The molecule has 0 saturated heterocycles. The highest BCUT2D eigenvalue weighted by Crippen LogP contribution is 2.30. The van der Waals surface area contributed by atoms with Gasteiger partial charge in [-0.3, -0.25) is 8.98 Å². The SMILES string of the molecule is CCOC(=O)CCC(C)(C)CC(C)OS(=O)(=O)NCC(F)(F)F. The van der Waals surface area contributed by atoms with Gasteiger partial charge in [-0.2, -0.15) is 26.3 Å². The summed E-state index contributed by atoms with van der Waals surface area (Å²) in [5, 5.41) is 0. The molecule has 1 unspecified atom stereocenters. The zero-order valence-electron chi connectivity index (χ0n) is 13.7. The van der Waals surface area contributed by atoms with E-state index in [4.69, 9.17) is 4.74 Å². The van der Waals surface area contributed by atoms with E-state index in [9.17, 15) is 26.4 Å². The van der Waals surface area contributed by atoms with Crippen molar-refractivity contribution in [3.63, 3.8) is 0 Å². The lowest BCUT2D eigenvalue weighted by Crippen LogP contribution is -2.37. The topological polar surface area (TPSA) is 81.7 Å². The molecule has 23 heavy (non-hydrogen) atoms. The van der Waals surface area contributed by atoms with E-state index >= 15 is 0 Å². The second-order valence-corrected chi connectivity index (χ2v) is 7.36. The number of hydrogen-bond donors (Lipinski definition) is 1. The van der Waals surface area contributed by atoms with Gasteiger partial charge in [0.05, 0.1) is 12.7 Å². The van der Waals surface area contributed by atoms with Crippen LogP contribution >= 0.6 is 0 Å². The van der Waals surface area contributed by atoms with Crippen LogP contribution in [0.3, 0.4) is 0 Å². The van der Waals surface area contributed by atoms with Crippen LogP contribution in [0, 0.1) is 5.41 Å². The van der Waals surface area contributed by atoms with Crippen LogP contribution in [0.4, 0.5) is 13.2 Å². The largest absolute Gasteiger partial charge is 0.466 e. The van der Waals surface area contributed by atoms with Gasteiger partial charge in [0.1, 0.15) is 6.54 Å². The van der Waals surface area contributed by atoms with Crippen molar-refractivity contribution in [1.29, 1.82) is 0 Å². The molecule has 0 aromatic rings. The Kier molecular flexibility index (Phi) is 8.50. The van der Waals surface area contributed by atoms with Gasteiger partial charge in [-0.05, 0) is 32.1 Å². The average Bonchev–Trinajstić information content (AvgIpc) is 2.32. The third kappa shape index (κ3) is 12.2. The number of alkyl halides is 3. The molecule has 0 saturated carbocycles. The van der Waals surface area contributed by atoms with Crippen LogP contribution in [0.15, 0.2) is 0 Å². The zero-order valence-corrected chi connectivity index (χ0v) is 14.5. The maximum absolute atomic E-state index is 12.0. The minimum atomic E-state index is -4.65. The van der Waals surface area contributed by atoms with Gasteiger partial charge in [-0.25, -0.2) is 0 Å². The van der Waals surface area contributed by atoms with E-state index < -0.39 is 34.5 Å². The molecule has 0 amide bonds. The summed E-state index contributed by atoms with van der Waals surface area (Å²) in [6, 6.07) is 0. The molecule has 0 rings (SSSR count). The molecule has 0 aromatic heterocycles. The second kappa shape index (κ2) is 8.84. The molecular formula is C13H24F3NO5S. The van der Waals surface area contributed by atoms with Gasteiger partial charge in [0.25, 0.3) is 0 Å².